The predicted molar refractivity (Wildman–Crippen MR) is 104 cm³/mol. The highest BCUT2D eigenvalue weighted by atomic mass is 19.1. The lowest BCUT2D eigenvalue weighted by Gasteiger charge is -2.13. The Balaban J connectivity index is 1.65. The molecular formula is C22H15FN4O2. The van der Waals surface area contributed by atoms with Crippen molar-refractivity contribution >= 4 is 22.8 Å². The molecule has 6 nitrogen and oxygen atoms in total. The molecule has 0 saturated heterocycles. The molecule has 0 aliphatic carbocycles. The van der Waals surface area contributed by atoms with Gasteiger partial charge >= 0.3 is 0 Å². The van der Waals surface area contributed by atoms with Crippen LogP contribution in [-0.4, -0.2) is 31.5 Å². The summed E-state index contributed by atoms with van der Waals surface area (Å²) in [5.41, 5.74) is 2.88. The third-order valence-electron chi connectivity index (χ3n) is 5.04. The first-order valence-corrected chi connectivity index (χ1v) is 9.09. The first-order valence-electron chi connectivity index (χ1n) is 9.09. The number of halogens is 1. The summed E-state index contributed by atoms with van der Waals surface area (Å²) in [7, 11) is 0. The van der Waals surface area contributed by atoms with Gasteiger partial charge in [-0.25, -0.2) is 14.1 Å². The van der Waals surface area contributed by atoms with E-state index < -0.39 is 5.82 Å². The first-order chi connectivity index (χ1) is 14.0. The maximum atomic E-state index is 13.7. The number of nitrogens with zero attached hydrogens (tertiary/aromatic N) is 4. The Kier molecular flexibility index (Phi) is 3.77. The maximum absolute atomic E-state index is 13.7. The summed E-state index contributed by atoms with van der Waals surface area (Å²) in [5, 5.41) is 4.97. The quantitative estimate of drug-likeness (QED) is 0.504. The van der Waals surface area contributed by atoms with Crippen LogP contribution in [0.2, 0.25) is 0 Å². The van der Waals surface area contributed by atoms with Gasteiger partial charge < -0.3 is 0 Å². The van der Waals surface area contributed by atoms with Crippen molar-refractivity contribution in [2.45, 2.75) is 13.5 Å². The number of aromatic nitrogens is 3. The van der Waals surface area contributed by atoms with Gasteiger partial charge in [0.25, 0.3) is 11.8 Å². The highest BCUT2D eigenvalue weighted by Gasteiger charge is 2.39. The lowest BCUT2D eigenvalue weighted by molar-refractivity contribution is 0.0643. The van der Waals surface area contributed by atoms with E-state index in [0.29, 0.717) is 28.0 Å². The van der Waals surface area contributed by atoms with E-state index in [2.05, 4.69) is 10.1 Å². The maximum Gasteiger partial charge on any atom is 0.263 e. The van der Waals surface area contributed by atoms with Crippen molar-refractivity contribution in [3.05, 3.63) is 89.0 Å². The van der Waals surface area contributed by atoms with Crippen LogP contribution in [0.3, 0.4) is 0 Å². The van der Waals surface area contributed by atoms with Crippen LogP contribution in [0.15, 0.2) is 60.8 Å². The average molecular weight is 386 g/mol. The summed E-state index contributed by atoms with van der Waals surface area (Å²) >= 11 is 0. The molecule has 0 bridgehead atoms. The molecule has 2 aromatic carbocycles. The van der Waals surface area contributed by atoms with Crippen LogP contribution in [0.5, 0.6) is 0 Å². The van der Waals surface area contributed by atoms with Crippen molar-refractivity contribution in [1.82, 2.24) is 19.7 Å². The van der Waals surface area contributed by atoms with Crippen LogP contribution in [0.1, 0.15) is 32.0 Å². The molecular weight excluding hydrogens is 371 g/mol. The van der Waals surface area contributed by atoms with Gasteiger partial charge in [-0.15, -0.1) is 0 Å². The van der Waals surface area contributed by atoms with Crippen LogP contribution in [0.25, 0.3) is 16.7 Å². The SMILES string of the molecule is Cc1nn(-c2cccc(F)c2)c2ncc3c(c12)C(=O)N(Cc1ccccc1)C3=O. The van der Waals surface area contributed by atoms with Crippen molar-refractivity contribution in [1.29, 1.82) is 0 Å². The van der Waals surface area contributed by atoms with Crippen LogP contribution < -0.4 is 0 Å². The van der Waals surface area contributed by atoms with Crippen LogP contribution in [-0.2, 0) is 6.54 Å². The Morgan fingerprint density at radius 1 is 1.00 bits per heavy atom. The number of hydrogen-bond acceptors (Lipinski definition) is 4. The van der Waals surface area contributed by atoms with E-state index >= 15 is 0 Å². The Morgan fingerprint density at radius 3 is 2.55 bits per heavy atom. The molecule has 0 N–H and O–H groups in total. The number of carbonyl (C=O) groups is 2. The van der Waals surface area contributed by atoms with Crippen LogP contribution in [0.4, 0.5) is 4.39 Å². The monoisotopic (exact) mass is 386 g/mol. The fourth-order valence-corrected chi connectivity index (χ4v) is 3.71. The molecule has 0 saturated carbocycles. The third-order valence-corrected chi connectivity index (χ3v) is 5.04. The topological polar surface area (TPSA) is 68.1 Å². The summed E-state index contributed by atoms with van der Waals surface area (Å²) < 4.78 is 15.2. The zero-order valence-electron chi connectivity index (χ0n) is 15.5. The highest BCUT2D eigenvalue weighted by Crippen LogP contribution is 2.32. The summed E-state index contributed by atoms with van der Waals surface area (Å²) in [5.74, 6) is -1.14. The molecule has 0 radical (unpaired) electrons. The van der Waals surface area contributed by atoms with Crippen molar-refractivity contribution in [2.75, 3.05) is 0 Å². The standard InChI is InChI=1S/C22H15FN4O2/c1-13-18-19-17(21(28)26(22(19)29)12-14-6-3-2-4-7-14)11-24-20(18)27(25-13)16-9-5-8-15(23)10-16/h2-11H,12H2,1H3. The number of aryl methyl sites for hydroxylation is 1. The number of hydrogen-bond donors (Lipinski definition) is 0. The van der Waals surface area contributed by atoms with Gasteiger partial charge in [0, 0.05) is 6.20 Å². The normalized spacial score (nSPS) is 13.4. The smallest absolute Gasteiger partial charge is 0.263 e. The Labute approximate surface area is 165 Å². The number of benzene rings is 2. The van der Waals surface area contributed by atoms with Gasteiger partial charge in [0.15, 0.2) is 5.65 Å². The zero-order valence-corrected chi connectivity index (χ0v) is 15.5. The van der Waals surface area contributed by atoms with Gasteiger partial charge in [0.05, 0.1) is 34.4 Å². The minimum Gasteiger partial charge on any atom is -0.270 e. The van der Waals surface area contributed by atoms with Gasteiger partial charge in [-0.05, 0) is 30.7 Å². The molecule has 0 unspecified atom stereocenters. The summed E-state index contributed by atoms with van der Waals surface area (Å²) in [4.78, 5) is 31.6. The first kappa shape index (κ1) is 17.2. The number of rotatable bonds is 3. The van der Waals surface area contributed by atoms with Gasteiger partial charge in [-0.1, -0.05) is 36.4 Å². The minimum absolute atomic E-state index is 0.186. The van der Waals surface area contributed by atoms with Crippen molar-refractivity contribution in [2.24, 2.45) is 0 Å². The molecule has 0 atom stereocenters. The van der Waals surface area contributed by atoms with E-state index in [4.69, 9.17) is 0 Å². The molecule has 29 heavy (non-hydrogen) atoms. The summed E-state index contributed by atoms with van der Waals surface area (Å²) in [6, 6.07) is 15.3. The third kappa shape index (κ3) is 2.62. The van der Waals surface area contributed by atoms with E-state index in [1.54, 1.807) is 19.1 Å². The largest absolute Gasteiger partial charge is 0.270 e. The second kappa shape index (κ2) is 6.34. The lowest BCUT2D eigenvalue weighted by atomic mass is 10.1. The van der Waals surface area contributed by atoms with Crippen molar-refractivity contribution in [3.8, 4) is 5.69 Å². The van der Waals surface area contributed by atoms with E-state index in [9.17, 15) is 14.0 Å². The summed E-state index contributed by atoms with van der Waals surface area (Å²) in [6.07, 6.45) is 1.40. The van der Waals surface area contributed by atoms with Crippen LogP contribution in [0, 0.1) is 12.7 Å². The van der Waals surface area contributed by atoms with E-state index in [0.717, 1.165) is 5.56 Å². The minimum atomic E-state index is -0.398. The predicted octanol–water partition coefficient (Wildman–Crippen LogP) is 3.66. The van der Waals surface area contributed by atoms with E-state index in [-0.39, 0.29) is 23.9 Å². The molecule has 0 fully saturated rings. The average Bonchev–Trinajstić information content (AvgIpc) is 3.19. The number of carbonyl (C=O) groups excluding carboxylic acids is 2. The zero-order chi connectivity index (χ0) is 20.1. The van der Waals surface area contributed by atoms with Gasteiger partial charge in [0.2, 0.25) is 0 Å². The number of imide groups is 1. The van der Waals surface area contributed by atoms with E-state index in [1.807, 2.05) is 30.3 Å². The molecule has 3 heterocycles. The van der Waals surface area contributed by atoms with Gasteiger partial charge in [-0.3, -0.25) is 14.5 Å². The molecule has 2 amide bonds. The number of pyridine rings is 1. The molecule has 2 aromatic heterocycles. The Bertz CT molecular complexity index is 1300. The number of amides is 2. The molecule has 1 aliphatic rings. The second-order valence-corrected chi connectivity index (χ2v) is 6.90. The molecule has 1 aliphatic heterocycles. The van der Waals surface area contributed by atoms with Crippen molar-refractivity contribution < 1.29 is 14.0 Å². The Morgan fingerprint density at radius 2 is 1.79 bits per heavy atom. The molecule has 5 rings (SSSR count). The van der Waals surface area contributed by atoms with Crippen LogP contribution >= 0.6 is 0 Å². The molecule has 142 valence electrons. The molecule has 0 spiro atoms. The fraction of sp³-hybridized carbons (Fsp3) is 0.0909. The number of fused-ring (bicyclic) bond motifs is 3. The Hall–Kier alpha value is -3.87. The van der Waals surface area contributed by atoms with Gasteiger partial charge in [0.1, 0.15) is 5.82 Å². The fourth-order valence-electron chi connectivity index (χ4n) is 3.71. The summed E-state index contributed by atoms with van der Waals surface area (Å²) in [6.45, 7) is 1.93. The lowest BCUT2D eigenvalue weighted by Crippen LogP contribution is -2.29. The second-order valence-electron chi connectivity index (χ2n) is 6.90. The molecule has 4 aromatic rings. The van der Waals surface area contributed by atoms with Crippen molar-refractivity contribution in [3.63, 3.8) is 0 Å². The highest BCUT2D eigenvalue weighted by molar-refractivity contribution is 6.26. The van der Waals surface area contributed by atoms with E-state index in [1.165, 1.54) is 27.9 Å². The molecule has 7 heteroatoms. The van der Waals surface area contributed by atoms with Gasteiger partial charge in [-0.2, -0.15) is 5.10 Å².